The fourth-order valence-electron chi connectivity index (χ4n) is 3.23. The molecule has 1 heterocycles. The highest BCUT2D eigenvalue weighted by atomic mass is 16.7. The van der Waals surface area contributed by atoms with Crippen LogP contribution in [0.1, 0.15) is 45.1 Å². The number of ether oxygens (including phenoxy) is 3. The number of hydrogen-bond donors (Lipinski definition) is 2. The molecule has 0 amide bonds. The number of carbonyl (C=O) groups is 1. The van der Waals surface area contributed by atoms with Gasteiger partial charge in [0.25, 0.3) is 0 Å². The molecule has 1 aromatic carbocycles. The van der Waals surface area contributed by atoms with Gasteiger partial charge in [-0.15, -0.1) is 0 Å². The van der Waals surface area contributed by atoms with E-state index in [0.29, 0.717) is 11.5 Å². The zero-order chi connectivity index (χ0) is 19.4. The summed E-state index contributed by atoms with van der Waals surface area (Å²) in [6.07, 6.45) is 6.52. The van der Waals surface area contributed by atoms with E-state index >= 15 is 0 Å². The zero-order valence-corrected chi connectivity index (χ0v) is 16.0. The van der Waals surface area contributed by atoms with Crippen molar-refractivity contribution < 1.29 is 23.8 Å². The van der Waals surface area contributed by atoms with Crippen molar-refractivity contribution in [2.45, 2.75) is 51.2 Å². The van der Waals surface area contributed by atoms with Crippen molar-refractivity contribution in [3.05, 3.63) is 29.8 Å². The molecule has 27 heavy (non-hydrogen) atoms. The van der Waals surface area contributed by atoms with E-state index in [0.717, 1.165) is 24.1 Å². The predicted molar refractivity (Wildman–Crippen MR) is 101 cm³/mol. The normalized spacial score (nSPS) is 22.1. The first-order valence-electron chi connectivity index (χ1n) is 9.14. The van der Waals surface area contributed by atoms with Gasteiger partial charge in [-0.3, -0.25) is 15.1 Å². The minimum Gasteiger partial charge on any atom is -0.493 e. The highest BCUT2D eigenvalue weighted by Gasteiger charge is 2.35. The predicted octanol–water partition coefficient (Wildman–Crippen LogP) is 3.23. The van der Waals surface area contributed by atoms with Gasteiger partial charge in [0, 0.05) is 12.5 Å². The van der Waals surface area contributed by atoms with Gasteiger partial charge in [-0.25, -0.2) is 0 Å². The number of rotatable bonds is 7. The largest absolute Gasteiger partial charge is 0.493 e. The Morgan fingerprint density at radius 2 is 2.07 bits per heavy atom. The third-order valence-electron chi connectivity index (χ3n) is 4.88. The van der Waals surface area contributed by atoms with Crippen LogP contribution in [-0.2, 0) is 14.4 Å². The van der Waals surface area contributed by atoms with Crippen LogP contribution < -0.4 is 15.0 Å². The van der Waals surface area contributed by atoms with E-state index in [4.69, 9.17) is 24.5 Å². The lowest BCUT2D eigenvalue weighted by Gasteiger charge is -2.20. The molecular formula is C20H26N2O5. The van der Waals surface area contributed by atoms with Crippen molar-refractivity contribution in [1.82, 2.24) is 5.48 Å². The van der Waals surface area contributed by atoms with Crippen molar-refractivity contribution in [1.29, 1.82) is 5.41 Å². The fourth-order valence-corrected chi connectivity index (χ4v) is 3.23. The molecule has 1 fully saturated rings. The Bertz CT molecular complexity index is 755. The topological polar surface area (TPSA) is 89.9 Å². The third-order valence-corrected chi connectivity index (χ3v) is 4.88. The summed E-state index contributed by atoms with van der Waals surface area (Å²) in [5.41, 5.74) is 3.63. The van der Waals surface area contributed by atoms with E-state index in [1.54, 1.807) is 20.1 Å². The highest BCUT2D eigenvalue weighted by molar-refractivity contribution is 5.96. The van der Waals surface area contributed by atoms with E-state index in [1.807, 2.05) is 18.2 Å². The molecule has 1 saturated carbocycles. The van der Waals surface area contributed by atoms with Crippen molar-refractivity contribution in [2.75, 3.05) is 13.7 Å². The van der Waals surface area contributed by atoms with Crippen molar-refractivity contribution >= 4 is 17.4 Å². The van der Waals surface area contributed by atoms with Crippen LogP contribution in [0.4, 0.5) is 0 Å². The average Bonchev–Trinajstić information content (AvgIpc) is 3.30. The molecule has 146 valence electrons. The molecule has 3 rings (SSSR count). The minimum absolute atomic E-state index is 0.115. The molecule has 2 aliphatic rings. The summed E-state index contributed by atoms with van der Waals surface area (Å²) in [7, 11) is 1.63. The monoisotopic (exact) mass is 374 g/mol. The molecule has 1 aliphatic carbocycles. The first kappa shape index (κ1) is 19.2. The Morgan fingerprint density at radius 3 is 2.74 bits per heavy atom. The smallest absolute Gasteiger partial charge is 0.303 e. The van der Waals surface area contributed by atoms with Gasteiger partial charge in [0.05, 0.1) is 24.6 Å². The fraction of sp³-hybridized carbons (Fsp3) is 0.500. The molecule has 0 bridgehead atoms. The van der Waals surface area contributed by atoms with Crippen LogP contribution in [0.25, 0.3) is 5.70 Å². The molecule has 1 unspecified atom stereocenters. The molecule has 0 spiro atoms. The second-order valence-corrected chi connectivity index (χ2v) is 7.02. The Kier molecular flexibility index (Phi) is 5.70. The van der Waals surface area contributed by atoms with Crippen LogP contribution in [0.5, 0.6) is 11.5 Å². The first-order chi connectivity index (χ1) is 12.9. The summed E-state index contributed by atoms with van der Waals surface area (Å²) < 4.78 is 16.5. The number of methoxy groups -OCH3 is 1. The van der Waals surface area contributed by atoms with E-state index in [-0.39, 0.29) is 18.4 Å². The van der Waals surface area contributed by atoms with Gasteiger partial charge in [-0.1, -0.05) is 0 Å². The summed E-state index contributed by atoms with van der Waals surface area (Å²) in [4.78, 5) is 16.6. The zero-order valence-electron chi connectivity index (χ0n) is 16.0. The lowest BCUT2D eigenvalue weighted by atomic mass is 9.98. The van der Waals surface area contributed by atoms with Gasteiger partial charge >= 0.3 is 5.97 Å². The quantitative estimate of drug-likeness (QED) is 0.563. The van der Waals surface area contributed by atoms with Crippen molar-refractivity contribution in [2.24, 2.45) is 0 Å². The van der Waals surface area contributed by atoms with Crippen molar-refractivity contribution in [3.63, 3.8) is 0 Å². The van der Waals surface area contributed by atoms with Gasteiger partial charge in [0.1, 0.15) is 6.61 Å². The molecule has 7 heteroatoms. The number of hydroxylamine groups is 1. The maximum atomic E-state index is 11.0. The van der Waals surface area contributed by atoms with Crippen molar-refractivity contribution in [3.8, 4) is 11.5 Å². The Labute approximate surface area is 159 Å². The van der Waals surface area contributed by atoms with Gasteiger partial charge in [0.15, 0.2) is 17.1 Å². The molecule has 1 aromatic rings. The second-order valence-electron chi connectivity index (χ2n) is 7.02. The van der Waals surface area contributed by atoms with Gasteiger partial charge in [-0.05, 0) is 56.9 Å². The number of hydrogen-bond acceptors (Lipinski definition) is 7. The average molecular weight is 374 g/mol. The third kappa shape index (κ3) is 4.42. The van der Waals surface area contributed by atoms with E-state index in [1.165, 1.54) is 19.8 Å². The molecule has 1 atom stereocenters. The van der Waals surface area contributed by atoms with Gasteiger partial charge < -0.3 is 19.6 Å². The lowest BCUT2D eigenvalue weighted by Crippen LogP contribution is -2.38. The second kappa shape index (κ2) is 8.00. The maximum Gasteiger partial charge on any atom is 0.303 e. The van der Waals surface area contributed by atoms with E-state index in [9.17, 15) is 4.79 Å². The van der Waals surface area contributed by atoms with E-state index < -0.39 is 11.6 Å². The van der Waals surface area contributed by atoms with Crippen LogP contribution in [0.2, 0.25) is 0 Å². The summed E-state index contributed by atoms with van der Waals surface area (Å²) in [5, 5.41) is 8.15. The van der Waals surface area contributed by atoms with E-state index in [2.05, 4.69) is 5.48 Å². The molecule has 0 radical (unpaired) electrons. The standard InChI is InChI=1S/C20H26N2O5/c1-13(23)25-12-19(21)20(2)11-16(22-27-20)14-8-9-17(24-3)18(10-14)26-15-6-4-5-7-15/h8-11,15,21-22H,4-7,12H2,1-3H3. The highest BCUT2D eigenvalue weighted by Crippen LogP contribution is 2.35. The number of carbonyl (C=O) groups excluding carboxylic acids is 1. The van der Waals surface area contributed by atoms with Crippen LogP contribution in [0, 0.1) is 5.41 Å². The molecule has 0 saturated heterocycles. The molecule has 2 N–H and O–H groups in total. The summed E-state index contributed by atoms with van der Waals surface area (Å²) in [5.74, 6) is 0.964. The Morgan fingerprint density at radius 1 is 1.33 bits per heavy atom. The van der Waals surface area contributed by atoms with Crippen LogP contribution in [0.3, 0.4) is 0 Å². The SMILES string of the molecule is COc1ccc(C2=CC(C)(C(=N)COC(C)=O)ON2)cc1OC1CCCC1. The Hall–Kier alpha value is -2.54. The minimum atomic E-state index is -0.989. The first-order valence-corrected chi connectivity index (χ1v) is 9.14. The van der Waals surface area contributed by atoms with Crippen LogP contribution in [-0.4, -0.2) is 37.1 Å². The van der Waals surface area contributed by atoms with Crippen LogP contribution in [0.15, 0.2) is 24.3 Å². The van der Waals surface area contributed by atoms with Crippen LogP contribution >= 0.6 is 0 Å². The summed E-state index contributed by atoms with van der Waals surface area (Å²) in [6.45, 7) is 2.95. The number of esters is 1. The molecule has 1 aliphatic heterocycles. The lowest BCUT2D eigenvalue weighted by molar-refractivity contribution is -0.139. The van der Waals surface area contributed by atoms with Gasteiger partial charge in [0.2, 0.25) is 0 Å². The number of nitrogens with one attached hydrogen (secondary N) is 2. The summed E-state index contributed by atoms with van der Waals surface area (Å²) in [6, 6.07) is 5.69. The summed E-state index contributed by atoms with van der Waals surface area (Å²) >= 11 is 0. The molecule has 0 aromatic heterocycles. The molecular weight excluding hydrogens is 348 g/mol. The molecule has 7 nitrogen and oxygen atoms in total. The van der Waals surface area contributed by atoms with Gasteiger partial charge in [-0.2, -0.15) is 0 Å². The number of benzene rings is 1. The maximum absolute atomic E-state index is 11.0. The Balaban J connectivity index is 1.79.